The highest BCUT2D eigenvalue weighted by Gasteiger charge is 2.19. The Hall–Kier alpha value is -3.41. The first-order chi connectivity index (χ1) is 34.5. The SMILES string of the molecule is CC/C=C\C/C=C\C/C=C\C/C=C\CCCCCCCCC(=O)OCC(COC(=O)CCCCCC/C=C\C/C=C\C/C=C\CC)OC(=O)CCCCCCCCCCCCCCCCCCCCC. The summed E-state index contributed by atoms with van der Waals surface area (Å²) in [5.41, 5.74) is 0. The molecule has 6 heteroatoms. The number of allylic oxidation sites excluding steroid dienone is 14. The molecule has 0 rings (SSSR count). The quantitative estimate of drug-likeness (QED) is 0.0261. The Kier molecular flexibility index (Phi) is 55.3. The van der Waals surface area contributed by atoms with Crippen molar-refractivity contribution in [1.29, 1.82) is 0 Å². The second-order valence-electron chi connectivity index (χ2n) is 19.5. The van der Waals surface area contributed by atoms with Gasteiger partial charge in [-0.15, -0.1) is 0 Å². The molecule has 0 aromatic rings. The average Bonchev–Trinajstić information content (AvgIpc) is 3.36. The topological polar surface area (TPSA) is 78.9 Å². The number of esters is 3. The van der Waals surface area contributed by atoms with E-state index in [4.69, 9.17) is 14.2 Å². The van der Waals surface area contributed by atoms with Gasteiger partial charge in [0.1, 0.15) is 13.2 Å². The highest BCUT2D eigenvalue weighted by Crippen LogP contribution is 2.16. The van der Waals surface area contributed by atoms with Crippen LogP contribution in [-0.2, 0) is 28.6 Å². The van der Waals surface area contributed by atoms with Gasteiger partial charge in [-0.3, -0.25) is 14.4 Å². The van der Waals surface area contributed by atoms with Crippen LogP contribution in [0.4, 0.5) is 0 Å². The van der Waals surface area contributed by atoms with Crippen LogP contribution < -0.4 is 0 Å². The van der Waals surface area contributed by atoms with Crippen molar-refractivity contribution in [2.45, 2.75) is 290 Å². The fourth-order valence-electron chi connectivity index (χ4n) is 8.27. The fraction of sp³-hybridized carbons (Fsp3) is 0.734. The van der Waals surface area contributed by atoms with Crippen LogP contribution in [0.25, 0.3) is 0 Å². The van der Waals surface area contributed by atoms with E-state index in [1.165, 1.54) is 122 Å². The van der Waals surface area contributed by atoms with Crippen LogP contribution >= 0.6 is 0 Å². The van der Waals surface area contributed by atoms with Crippen molar-refractivity contribution < 1.29 is 28.6 Å². The van der Waals surface area contributed by atoms with Crippen molar-refractivity contribution in [2.24, 2.45) is 0 Å². The maximum atomic E-state index is 12.9. The number of hydrogen-bond acceptors (Lipinski definition) is 6. The molecular weight excluding hydrogens is 865 g/mol. The van der Waals surface area contributed by atoms with Gasteiger partial charge in [-0.05, 0) is 89.9 Å². The molecule has 0 saturated carbocycles. The van der Waals surface area contributed by atoms with Crippen molar-refractivity contribution in [2.75, 3.05) is 13.2 Å². The lowest BCUT2D eigenvalue weighted by Gasteiger charge is -2.18. The van der Waals surface area contributed by atoms with Crippen molar-refractivity contribution in [3.63, 3.8) is 0 Å². The predicted octanol–water partition coefficient (Wildman–Crippen LogP) is 19.9. The van der Waals surface area contributed by atoms with Gasteiger partial charge in [0.15, 0.2) is 6.10 Å². The first kappa shape index (κ1) is 66.6. The summed E-state index contributed by atoms with van der Waals surface area (Å²) in [5, 5.41) is 0. The summed E-state index contributed by atoms with van der Waals surface area (Å²) in [4.78, 5) is 38.2. The normalized spacial score (nSPS) is 12.7. The monoisotopic (exact) mass is 975 g/mol. The summed E-state index contributed by atoms with van der Waals surface area (Å²) in [6, 6.07) is 0. The summed E-state index contributed by atoms with van der Waals surface area (Å²) >= 11 is 0. The number of rotatable bonds is 53. The van der Waals surface area contributed by atoms with Crippen molar-refractivity contribution in [3.05, 3.63) is 85.1 Å². The highest BCUT2D eigenvalue weighted by atomic mass is 16.6. The third-order valence-electron chi connectivity index (χ3n) is 12.6. The van der Waals surface area contributed by atoms with Gasteiger partial charge in [-0.2, -0.15) is 0 Å². The molecule has 0 spiro atoms. The Morgan fingerprint density at radius 1 is 0.300 bits per heavy atom. The Bertz CT molecular complexity index is 1350. The Morgan fingerprint density at radius 2 is 0.557 bits per heavy atom. The van der Waals surface area contributed by atoms with E-state index in [2.05, 4.69) is 106 Å². The fourth-order valence-corrected chi connectivity index (χ4v) is 8.27. The Balaban J connectivity index is 4.40. The van der Waals surface area contributed by atoms with Crippen LogP contribution in [0.5, 0.6) is 0 Å². The predicted molar refractivity (Wildman–Crippen MR) is 302 cm³/mol. The number of ether oxygens (including phenoxy) is 3. The highest BCUT2D eigenvalue weighted by molar-refractivity contribution is 5.71. The molecule has 0 aliphatic rings. The van der Waals surface area contributed by atoms with E-state index in [-0.39, 0.29) is 31.1 Å². The number of unbranched alkanes of at least 4 members (excludes halogenated alkanes) is 28. The summed E-state index contributed by atoms with van der Waals surface area (Å²) < 4.78 is 16.9. The maximum absolute atomic E-state index is 12.9. The Morgan fingerprint density at radius 3 is 0.871 bits per heavy atom. The number of carbonyl (C=O) groups excluding carboxylic acids is 3. The molecule has 1 unspecified atom stereocenters. The van der Waals surface area contributed by atoms with Crippen LogP contribution in [-0.4, -0.2) is 37.2 Å². The largest absolute Gasteiger partial charge is 0.462 e. The van der Waals surface area contributed by atoms with Crippen LogP contribution in [0.15, 0.2) is 85.1 Å². The molecular formula is C64H110O6. The lowest BCUT2D eigenvalue weighted by atomic mass is 10.0. The smallest absolute Gasteiger partial charge is 0.306 e. The molecule has 70 heavy (non-hydrogen) atoms. The molecule has 0 fully saturated rings. The zero-order chi connectivity index (χ0) is 50.7. The van der Waals surface area contributed by atoms with Gasteiger partial charge in [-0.1, -0.05) is 260 Å². The average molecular weight is 976 g/mol. The molecule has 1 atom stereocenters. The second-order valence-corrected chi connectivity index (χ2v) is 19.5. The zero-order valence-electron chi connectivity index (χ0n) is 46.0. The van der Waals surface area contributed by atoms with E-state index in [0.29, 0.717) is 19.3 Å². The van der Waals surface area contributed by atoms with Crippen molar-refractivity contribution >= 4 is 17.9 Å². The molecule has 0 heterocycles. The van der Waals surface area contributed by atoms with Gasteiger partial charge in [0.25, 0.3) is 0 Å². The zero-order valence-corrected chi connectivity index (χ0v) is 46.0. The summed E-state index contributed by atoms with van der Waals surface area (Å²) in [7, 11) is 0. The van der Waals surface area contributed by atoms with Gasteiger partial charge in [0.2, 0.25) is 0 Å². The summed E-state index contributed by atoms with van der Waals surface area (Å²) in [6.07, 6.45) is 75.8. The minimum atomic E-state index is -0.791. The molecule has 0 aromatic carbocycles. The van der Waals surface area contributed by atoms with Crippen LogP contribution in [0.2, 0.25) is 0 Å². The number of hydrogen-bond donors (Lipinski definition) is 0. The molecule has 0 amide bonds. The van der Waals surface area contributed by atoms with Crippen LogP contribution in [0.1, 0.15) is 284 Å². The van der Waals surface area contributed by atoms with Crippen molar-refractivity contribution in [1.82, 2.24) is 0 Å². The molecule has 0 aromatic heterocycles. The van der Waals surface area contributed by atoms with Crippen molar-refractivity contribution in [3.8, 4) is 0 Å². The lowest BCUT2D eigenvalue weighted by molar-refractivity contribution is -0.167. The van der Waals surface area contributed by atoms with Crippen LogP contribution in [0.3, 0.4) is 0 Å². The first-order valence-corrected chi connectivity index (χ1v) is 29.6. The lowest BCUT2D eigenvalue weighted by Crippen LogP contribution is -2.30. The van der Waals surface area contributed by atoms with Gasteiger partial charge >= 0.3 is 17.9 Å². The maximum Gasteiger partial charge on any atom is 0.306 e. The molecule has 6 nitrogen and oxygen atoms in total. The van der Waals surface area contributed by atoms with Gasteiger partial charge in [-0.25, -0.2) is 0 Å². The molecule has 0 aliphatic heterocycles. The van der Waals surface area contributed by atoms with Gasteiger partial charge < -0.3 is 14.2 Å². The Labute approximate surface area is 433 Å². The van der Waals surface area contributed by atoms with E-state index < -0.39 is 6.10 Å². The van der Waals surface area contributed by atoms with Crippen LogP contribution in [0, 0.1) is 0 Å². The van der Waals surface area contributed by atoms with E-state index >= 15 is 0 Å². The standard InChI is InChI=1S/C64H110O6/c1-4-7-10-13-16-19-22-25-28-30-32-34-36-39-42-45-48-51-54-57-63(66)69-60-61(59-68-62(65)56-53-50-47-44-41-38-27-24-21-18-15-12-9-6-3)70-64(67)58-55-52-49-46-43-40-37-35-33-31-29-26-23-20-17-14-11-8-5-2/h7,9-10,12,16,18-19,21,25,27-28,32,34,38,61H,4-6,8,11,13-15,17,20,22-24,26,29-31,33,35-37,39-60H2,1-3H3/b10-7-,12-9-,19-16-,21-18-,28-25-,34-32-,38-27-. The summed E-state index contributed by atoms with van der Waals surface area (Å²) in [6.45, 7) is 6.41. The van der Waals surface area contributed by atoms with Gasteiger partial charge in [0.05, 0.1) is 0 Å². The first-order valence-electron chi connectivity index (χ1n) is 29.6. The number of carbonyl (C=O) groups is 3. The summed E-state index contributed by atoms with van der Waals surface area (Å²) in [5.74, 6) is -0.915. The third kappa shape index (κ3) is 55.5. The van der Waals surface area contributed by atoms with E-state index in [9.17, 15) is 14.4 Å². The molecule has 0 N–H and O–H groups in total. The minimum Gasteiger partial charge on any atom is -0.462 e. The van der Waals surface area contributed by atoms with Gasteiger partial charge in [0, 0.05) is 19.3 Å². The molecule has 402 valence electrons. The molecule has 0 saturated heterocycles. The molecule has 0 aliphatic carbocycles. The second kappa shape index (κ2) is 58.2. The minimum absolute atomic E-state index is 0.0897. The molecule has 0 bridgehead atoms. The van der Waals surface area contributed by atoms with E-state index in [1.807, 2.05) is 0 Å². The van der Waals surface area contributed by atoms with E-state index in [1.54, 1.807) is 0 Å². The van der Waals surface area contributed by atoms with E-state index in [0.717, 1.165) is 122 Å². The third-order valence-corrected chi connectivity index (χ3v) is 12.6. The molecule has 0 radical (unpaired) electrons.